The van der Waals surface area contributed by atoms with Crippen LogP contribution in [0.25, 0.3) is 0 Å². The van der Waals surface area contributed by atoms with E-state index in [1.807, 2.05) is 0 Å². The van der Waals surface area contributed by atoms with Crippen LogP contribution in [0.2, 0.25) is 0 Å². The van der Waals surface area contributed by atoms with Crippen molar-refractivity contribution >= 4 is 33.5 Å². The smallest absolute Gasteiger partial charge is 0.334 e. The number of rotatable bonds is 5. The van der Waals surface area contributed by atoms with Crippen LogP contribution in [0, 0.1) is 0 Å². The summed E-state index contributed by atoms with van der Waals surface area (Å²) < 4.78 is 31.6. The third-order valence-electron chi connectivity index (χ3n) is 6.79. The number of carbonyl (C=O) groups excluding carboxylic acids is 2. The first-order valence-electron chi connectivity index (χ1n) is 11.2. The minimum absolute atomic E-state index is 0.0353. The van der Waals surface area contributed by atoms with E-state index < -0.39 is 22.3 Å². The summed E-state index contributed by atoms with van der Waals surface area (Å²) in [5.41, 5.74) is 5.81. The molecule has 176 valence electrons. The molecule has 1 aliphatic heterocycles. The van der Waals surface area contributed by atoms with E-state index in [-0.39, 0.29) is 18.9 Å². The number of hydrogen-bond donors (Lipinski definition) is 2. The summed E-state index contributed by atoms with van der Waals surface area (Å²) in [6.07, 6.45) is 8.79. The zero-order valence-electron chi connectivity index (χ0n) is 18.8. The molecule has 0 spiro atoms. The average molecular weight is 473 g/mol. The number of aryl methyl sites for hydroxylation is 3. The van der Waals surface area contributed by atoms with E-state index in [0.29, 0.717) is 5.69 Å². The number of nitrogens with zero attached hydrogens (tertiary/aromatic N) is 4. The van der Waals surface area contributed by atoms with Crippen LogP contribution in [-0.4, -0.2) is 54.7 Å². The molecular weight excluding hydrogens is 444 g/mol. The van der Waals surface area contributed by atoms with Crippen LogP contribution in [0.3, 0.4) is 0 Å². The van der Waals surface area contributed by atoms with E-state index in [4.69, 9.17) is 0 Å². The predicted octanol–water partition coefficient (Wildman–Crippen LogP) is 1.50. The Morgan fingerprint density at radius 2 is 1.79 bits per heavy atom. The zero-order chi connectivity index (χ0) is 23.3. The molecule has 1 aromatic heterocycles. The lowest BCUT2D eigenvalue weighted by molar-refractivity contribution is -0.126. The normalized spacial score (nSPS) is 19.5. The van der Waals surface area contributed by atoms with Gasteiger partial charge >= 0.3 is 16.2 Å². The number of anilines is 2. The van der Waals surface area contributed by atoms with Gasteiger partial charge in [0.15, 0.2) is 0 Å². The minimum Gasteiger partial charge on any atom is -0.344 e. The molecule has 1 aromatic carbocycles. The average Bonchev–Trinajstić information content (AvgIpc) is 3.51. The number of fused-ring (bicyclic) bond motifs is 2. The van der Waals surface area contributed by atoms with E-state index in [1.165, 1.54) is 26.9 Å². The lowest BCUT2D eigenvalue weighted by Crippen LogP contribution is -2.50. The van der Waals surface area contributed by atoms with Crippen molar-refractivity contribution in [1.29, 1.82) is 0 Å². The quantitative estimate of drug-likeness (QED) is 0.684. The highest BCUT2D eigenvalue weighted by Gasteiger charge is 2.39. The maximum Gasteiger partial charge on any atom is 0.334 e. The van der Waals surface area contributed by atoms with Gasteiger partial charge in [0, 0.05) is 32.5 Å². The number of amides is 3. The molecular formula is C22H28N6O4S. The lowest BCUT2D eigenvalue weighted by atomic mass is 9.99. The van der Waals surface area contributed by atoms with Crippen LogP contribution in [0.1, 0.15) is 41.5 Å². The predicted molar refractivity (Wildman–Crippen MR) is 123 cm³/mol. The van der Waals surface area contributed by atoms with Crippen molar-refractivity contribution in [3.63, 3.8) is 0 Å². The molecule has 2 heterocycles. The summed E-state index contributed by atoms with van der Waals surface area (Å²) in [5, 5.41) is 6.93. The van der Waals surface area contributed by atoms with Gasteiger partial charge in [-0.2, -0.15) is 13.5 Å². The Kier molecular flexibility index (Phi) is 5.31. The van der Waals surface area contributed by atoms with Crippen LogP contribution in [0.5, 0.6) is 0 Å². The summed E-state index contributed by atoms with van der Waals surface area (Å²) >= 11 is 0. The number of likely N-dealkylation sites (tertiary alicyclic amines) is 1. The van der Waals surface area contributed by atoms with Crippen molar-refractivity contribution in [2.45, 2.75) is 51.0 Å². The number of urea groups is 1. The molecule has 11 heteroatoms. The highest BCUT2D eigenvalue weighted by atomic mass is 32.2. The molecule has 3 aliphatic rings. The molecule has 2 aromatic rings. The van der Waals surface area contributed by atoms with Crippen LogP contribution in [0.4, 0.5) is 16.2 Å². The highest BCUT2D eigenvalue weighted by molar-refractivity contribution is 7.91. The summed E-state index contributed by atoms with van der Waals surface area (Å²) in [6, 6.07) is 0.820. The number of nitrogens with one attached hydrogen (secondary N) is 2. The monoisotopic (exact) mass is 472 g/mol. The van der Waals surface area contributed by atoms with Gasteiger partial charge in [-0.3, -0.25) is 9.48 Å². The van der Waals surface area contributed by atoms with Gasteiger partial charge in [0.25, 0.3) is 0 Å². The Morgan fingerprint density at radius 1 is 1.12 bits per heavy atom. The van der Waals surface area contributed by atoms with Crippen molar-refractivity contribution in [1.82, 2.24) is 19.4 Å². The van der Waals surface area contributed by atoms with E-state index in [2.05, 4.69) is 21.2 Å². The molecule has 1 unspecified atom stereocenters. The van der Waals surface area contributed by atoms with Crippen LogP contribution in [0.15, 0.2) is 18.5 Å². The van der Waals surface area contributed by atoms with Crippen molar-refractivity contribution in [2.24, 2.45) is 7.05 Å². The van der Waals surface area contributed by atoms with Gasteiger partial charge in [0.1, 0.15) is 0 Å². The summed E-state index contributed by atoms with van der Waals surface area (Å²) in [4.78, 5) is 26.6. The first kappa shape index (κ1) is 21.7. The van der Waals surface area contributed by atoms with Gasteiger partial charge in [0.2, 0.25) is 5.91 Å². The second-order valence-corrected chi connectivity index (χ2v) is 10.6. The number of carbonyl (C=O) groups is 2. The molecule has 1 atom stereocenters. The third kappa shape index (κ3) is 3.94. The lowest BCUT2D eigenvalue weighted by Gasteiger charge is -2.28. The van der Waals surface area contributed by atoms with E-state index in [1.54, 1.807) is 20.3 Å². The van der Waals surface area contributed by atoms with Gasteiger partial charge in [-0.25, -0.2) is 13.8 Å². The molecule has 3 amide bonds. The molecule has 2 N–H and O–H groups in total. The van der Waals surface area contributed by atoms with Crippen LogP contribution in [-0.2, 0) is 47.7 Å². The topological polar surface area (TPSA) is 117 Å². The van der Waals surface area contributed by atoms with Crippen LogP contribution >= 0.6 is 0 Å². The maximum atomic E-state index is 13.4. The van der Waals surface area contributed by atoms with Gasteiger partial charge in [-0.15, -0.1) is 0 Å². The van der Waals surface area contributed by atoms with Gasteiger partial charge in [-0.05, 0) is 60.8 Å². The number of aromatic nitrogens is 2. The molecule has 0 saturated carbocycles. The summed E-state index contributed by atoms with van der Waals surface area (Å²) in [6.45, 7) is 0.232. The summed E-state index contributed by atoms with van der Waals surface area (Å²) in [5.74, 6) is -0.149. The second-order valence-electron chi connectivity index (χ2n) is 9.10. The number of likely N-dealkylation sites (N-methyl/N-ethyl adjacent to an activating group) is 1. The molecule has 10 nitrogen and oxygen atoms in total. The SMILES string of the molecule is CN1CC(N(c2cnn(C)c2)S(=O)(=O)NC(=O)Nc2c3c(cc4c2CCC4)CCC3)CC1=O. The fraction of sp³-hybridized carbons (Fsp3) is 0.500. The molecule has 2 aliphatic carbocycles. The Balaban J connectivity index is 1.42. The van der Waals surface area contributed by atoms with Gasteiger partial charge in [-0.1, -0.05) is 6.07 Å². The first-order valence-corrected chi connectivity index (χ1v) is 12.7. The number of hydrogen-bond acceptors (Lipinski definition) is 5. The standard InChI is InChI=1S/C22H28N6O4S/c1-26-12-16(10-20(26)29)28(17-11-23-27(2)13-17)33(31,32)25-22(30)24-21-18-7-3-5-14(18)9-15-6-4-8-19(15)21/h9,11,13,16H,3-8,10,12H2,1-2H3,(H2,24,25,30). The van der Waals surface area contributed by atoms with Crippen molar-refractivity contribution in [2.75, 3.05) is 23.2 Å². The van der Waals surface area contributed by atoms with Crippen molar-refractivity contribution in [3.8, 4) is 0 Å². The summed E-state index contributed by atoms with van der Waals surface area (Å²) in [7, 11) is -0.991. The Hall–Kier alpha value is -3.08. The first-order chi connectivity index (χ1) is 15.7. The fourth-order valence-electron chi connectivity index (χ4n) is 5.34. The second kappa shape index (κ2) is 8.05. The third-order valence-corrected chi connectivity index (χ3v) is 8.26. The van der Waals surface area contributed by atoms with Crippen molar-refractivity contribution < 1.29 is 18.0 Å². The molecule has 0 radical (unpaired) electrons. The Labute approximate surface area is 193 Å². The maximum absolute atomic E-state index is 13.4. The van der Waals surface area contributed by atoms with Gasteiger partial charge < -0.3 is 10.2 Å². The number of benzene rings is 1. The van der Waals surface area contributed by atoms with E-state index in [9.17, 15) is 18.0 Å². The molecule has 33 heavy (non-hydrogen) atoms. The Morgan fingerprint density at radius 3 is 2.33 bits per heavy atom. The molecule has 1 fully saturated rings. The zero-order valence-corrected chi connectivity index (χ0v) is 19.6. The largest absolute Gasteiger partial charge is 0.344 e. The molecule has 5 rings (SSSR count). The molecule has 0 bridgehead atoms. The molecule has 1 saturated heterocycles. The van der Waals surface area contributed by atoms with Crippen LogP contribution < -0.4 is 14.3 Å². The van der Waals surface area contributed by atoms with E-state index >= 15 is 0 Å². The highest BCUT2D eigenvalue weighted by Crippen LogP contribution is 2.38. The Bertz CT molecular complexity index is 1210. The minimum atomic E-state index is -4.30. The fourth-order valence-corrected chi connectivity index (χ4v) is 6.63. The van der Waals surface area contributed by atoms with Crippen molar-refractivity contribution in [3.05, 3.63) is 40.7 Å². The van der Waals surface area contributed by atoms with Gasteiger partial charge in [0.05, 0.1) is 24.3 Å². The van der Waals surface area contributed by atoms with E-state index in [0.717, 1.165) is 59.6 Å².